The zero-order valence-electron chi connectivity index (χ0n) is 21.7. The number of benzene rings is 2. The number of hydrogen-bond acceptors (Lipinski definition) is 7. The molecule has 0 radical (unpaired) electrons. The van der Waals surface area contributed by atoms with Crippen molar-refractivity contribution < 1.29 is 13.9 Å². The molecule has 1 amide bonds. The Hall–Kier alpha value is -3.20. The molecule has 2 aliphatic heterocycles. The second-order valence-electron chi connectivity index (χ2n) is 9.81. The van der Waals surface area contributed by atoms with Crippen molar-refractivity contribution in [1.29, 1.82) is 0 Å². The summed E-state index contributed by atoms with van der Waals surface area (Å²) in [5.41, 5.74) is 3.02. The second kappa shape index (κ2) is 12.4. The fourth-order valence-corrected chi connectivity index (χ4v) is 5.01. The van der Waals surface area contributed by atoms with Gasteiger partial charge in [-0.25, -0.2) is 4.98 Å². The highest BCUT2D eigenvalue weighted by Gasteiger charge is 2.25. The fraction of sp³-hybridized carbons (Fsp3) is 0.448. The van der Waals surface area contributed by atoms with E-state index in [0.29, 0.717) is 37.8 Å². The average Bonchev–Trinajstić information content (AvgIpc) is 3.40. The number of oxazole rings is 1. The number of aromatic nitrogens is 1. The van der Waals surface area contributed by atoms with E-state index in [2.05, 4.69) is 56.1 Å². The maximum absolute atomic E-state index is 13.0. The molecule has 3 heterocycles. The van der Waals surface area contributed by atoms with Crippen LogP contribution in [0.15, 0.2) is 65.3 Å². The molecular weight excluding hydrogens is 466 g/mol. The lowest BCUT2D eigenvalue weighted by Gasteiger charge is -2.34. The first-order chi connectivity index (χ1) is 18.2. The SMILES string of the molecule is CCOc1ccc(CN2CCN(Cc3nc(C(=O)N4CCN(Cc5ccccc5)CC4)co3)CC2)cc1. The first-order valence-electron chi connectivity index (χ1n) is 13.3. The van der Waals surface area contributed by atoms with E-state index < -0.39 is 0 Å². The van der Waals surface area contributed by atoms with Crippen LogP contribution in [0.1, 0.15) is 34.4 Å². The molecule has 8 nitrogen and oxygen atoms in total. The molecule has 2 aliphatic rings. The lowest BCUT2D eigenvalue weighted by molar-refractivity contribution is 0.0622. The third-order valence-electron chi connectivity index (χ3n) is 7.14. The van der Waals surface area contributed by atoms with Gasteiger partial charge in [-0.15, -0.1) is 0 Å². The minimum absolute atomic E-state index is 0.0328. The maximum Gasteiger partial charge on any atom is 0.275 e. The molecule has 0 atom stereocenters. The van der Waals surface area contributed by atoms with Crippen molar-refractivity contribution >= 4 is 5.91 Å². The van der Waals surface area contributed by atoms with Gasteiger partial charge in [0, 0.05) is 65.4 Å². The Morgan fingerprint density at radius 1 is 0.784 bits per heavy atom. The number of nitrogens with zero attached hydrogens (tertiary/aromatic N) is 5. The number of ether oxygens (including phenoxy) is 1. The maximum atomic E-state index is 13.0. The summed E-state index contributed by atoms with van der Waals surface area (Å²) in [4.78, 5) is 26.6. The predicted octanol–water partition coefficient (Wildman–Crippen LogP) is 3.35. The molecule has 3 aromatic rings. The van der Waals surface area contributed by atoms with Gasteiger partial charge >= 0.3 is 0 Å². The van der Waals surface area contributed by atoms with Crippen LogP contribution in [0.3, 0.4) is 0 Å². The van der Waals surface area contributed by atoms with Gasteiger partial charge in [-0.2, -0.15) is 0 Å². The van der Waals surface area contributed by atoms with Crippen LogP contribution in [0, 0.1) is 0 Å². The minimum atomic E-state index is -0.0328. The van der Waals surface area contributed by atoms with Gasteiger partial charge in [0.1, 0.15) is 12.0 Å². The number of piperazine rings is 2. The summed E-state index contributed by atoms with van der Waals surface area (Å²) in [5.74, 6) is 1.51. The van der Waals surface area contributed by atoms with Gasteiger partial charge in [0.2, 0.25) is 5.89 Å². The van der Waals surface area contributed by atoms with Gasteiger partial charge in [-0.3, -0.25) is 19.5 Å². The summed E-state index contributed by atoms with van der Waals surface area (Å²) in [7, 11) is 0. The molecular formula is C29H37N5O3. The molecule has 8 heteroatoms. The summed E-state index contributed by atoms with van der Waals surface area (Å²) in [5, 5.41) is 0. The van der Waals surface area contributed by atoms with E-state index in [1.807, 2.05) is 30.0 Å². The van der Waals surface area contributed by atoms with Crippen LogP contribution in [0.4, 0.5) is 0 Å². The molecule has 0 saturated carbocycles. The van der Waals surface area contributed by atoms with Crippen LogP contribution < -0.4 is 4.74 Å². The van der Waals surface area contributed by atoms with E-state index in [9.17, 15) is 4.79 Å². The van der Waals surface area contributed by atoms with Gasteiger partial charge in [-0.1, -0.05) is 42.5 Å². The molecule has 0 unspecified atom stereocenters. The van der Waals surface area contributed by atoms with Crippen molar-refractivity contribution in [3.8, 4) is 5.75 Å². The summed E-state index contributed by atoms with van der Waals surface area (Å²) in [6, 6.07) is 18.9. The third kappa shape index (κ3) is 6.97. The minimum Gasteiger partial charge on any atom is -0.494 e. The zero-order valence-corrected chi connectivity index (χ0v) is 21.7. The predicted molar refractivity (Wildman–Crippen MR) is 142 cm³/mol. The molecule has 0 aliphatic carbocycles. The van der Waals surface area contributed by atoms with Crippen LogP contribution >= 0.6 is 0 Å². The highest BCUT2D eigenvalue weighted by Crippen LogP contribution is 2.16. The number of carbonyl (C=O) groups is 1. The number of amides is 1. The van der Waals surface area contributed by atoms with Crippen molar-refractivity contribution in [2.24, 2.45) is 0 Å². The molecule has 5 rings (SSSR count). The van der Waals surface area contributed by atoms with Crippen LogP contribution in [0.5, 0.6) is 5.75 Å². The Morgan fingerprint density at radius 2 is 1.35 bits per heavy atom. The Labute approximate surface area is 219 Å². The second-order valence-corrected chi connectivity index (χ2v) is 9.81. The van der Waals surface area contributed by atoms with Gasteiger partial charge < -0.3 is 14.1 Å². The van der Waals surface area contributed by atoms with Crippen LogP contribution in [0.2, 0.25) is 0 Å². The summed E-state index contributed by atoms with van der Waals surface area (Å²) in [6.07, 6.45) is 1.52. The normalized spacial score (nSPS) is 17.7. The van der Waals surface area contributed by atoms with Crippen molar-refractivity contribution in [2.45, 2.75) is 26.6 Å². The molecule has 37 heavy (non-hydrogen) atoms. The largest absolute Gasteiger partial charge is 0.494 e. The highest BCUT2D eigenvalue weighted by atomic mass is 16.5. The summed E-state index contributed by atoms with van der Waals surface area (Å²) in [6.45, 7) is 12.2. The molecule has 1 aromatic heterocycles. The number of carbonyl (C=O) groups excluding carboxylic acids is 1. The van der Waals surface area contributed by atoms with Crippen LogP contribution in [-0.4, -0.2) is 89.5 Å². The van der Waals surface area contributed by atoms with Crippen molar-refractivity contribution in [3.63, 3.8) is 0 Å². The van der Waals surface area contributed by atoms with E-state index in [1.165, 1.54) is 17.4 Å². The molecule has 0 N–H and O–H groups in total. The third-order valence-corrected chi connectivity index (χ3v) is 7.14. The first-order valence-corrected chi connectivity index (χ1v) is 13.3. The Kier molecular flexibility index (Phi) is 8.50. The topological polar surface area (TPSA) is 65.3 Å². The van der Waals surface area contributed by atoms with E-state index in [1.54, 1.807) is 0 Å². The van der Waals surface area contributed by atoms with Crippen LogP contribution in [-0.2, 0) is 19.6 Å². The van der Waals surface area contributed by atoms with Crippen molar-refractivity contribution in [3.05, 3.63) is 83.6 Å². The van der Waals surface area contributed by atoms with Crippen molar-refractivity contribution in [2.75, 3.05) is 59.0 Å². The molecule has 2 aromatic carbocycles. The Morgan fingerprint density at radius 3 is 1.97 bits per heavy atom. The van der Waals surface area contributed by atoms with Gasteiger partial charge in [-0.05, 0) is 30.2 Å². The van der Waals surface area contributed by atoms with Crippen molar-refractivity contribution in [1.82, 2.24) is 24.6 Å². The lowest BCUT2D eigenvalue weighted by atomic mass is 10.2. The van der Waals surface area contributed by atoms with E-state index in [4.69, 9.17) is 9.15 Å². The summed E-state index contributed by atoms with van der Waals surface area (Å²) < 4.78 is 11.2. The van der Waals surface area contributed by atoms with Gasteiger partial charge in [0.05, 0.1) is 13.2 Å². The number of rotatable bonds is 9. The number of hydrogen-bond donors (Lipinski definition) is 0. The van der Waals surface area contributed by atoms with E-state index >= 15 is 0 Å². The highest BCUT2D eigenvalue weighted by molar-refractivity contribution is 5.92. The molecule has 0 spiro atoms. The first kappa shape index (κ1) is 25.4. The quantitative estimate of drug-likeness (QED) is 0.444. The summed E-state index contributed by atoms with van der Waals surface area (Å²) >= 11 is 0. The van der Waals surface area contributed by atoms with Gasteiger partial charge in [0.25, 0.3) is 5.91 Å². The Bertz CT molecular complexity index is 1120. The molecule has 196 valence electrons. The van der Waals surface area contributed by atoms with E-state index in [0.717, 1.165) is 58.1 Å². The standard InChI is InChI=1S/C29H37N5O3/c1-2-36-26-10-8-25(9-11-26)21-31-12-14-33(15-13-31)22-28-30-27(23-37-28)29(35)34-18-16-32(17-19-34)20-24-6-4-3-5-7-24/h3-11,23H,2,12-22H2,1H3. The molecule has 2 saturated heterocycles. The zero-order chi connectivity index (χ0) is 25.5. The fourth-order valence-electron chi connectivity index (χ4n) is 5.01. The smallest absolute Gasteiger partial charge is 0.275 e. The lowest BCUT2D eigenvalue weighted by Crippen LogP contribution is -2.48. The van der Waals surface area contributed by atoms with Gasteiger partial charge in [0.15, 0.2) is 5.69 Å². The average molecular weight is 504 g/mol. The Balaban J connectivity index is 1.04. The molecule has 2 fully saturated rings. The monoisotopic (exact) mass is 503 g/mol. The van der Waals surface area contributed by atoms with E-state index in [-0.39, 0.29) is 5.91 Å². The van der Waals surface area contributed by atoms with Crippen LogP contribution in [0.25, 0.3) is 0 Å². The molecule has 0 bridgehead atoms.